The summed E-state index contributed by atoms with van der Waals surface area (Å²) in [5.74, 6) is -3.88. The molecule has 0 saturated carbocycles. The van der Waals surface area contributed by atoms with Crippen LogP contribution in [0.5, 0.6) is 0 Å². The predicted molar refractivity (Wildman–Crippen MR) is 317 cm³/mol. The Bertz CT molecular complexity index is 4040. The van der Waals surface area contributed by atoms with E-state index in [-0.39, 0.29) is 55.2 Å². The van der Waals surface area contributed by atoms with E-state index < -0.39 is 35.8 Å². The van der Waals surface area contributed by atoms with Crippen LogP contribution in [0, 0.1) is 13.8 Å². The number of fused-ring (bicyclic) bond motifs is 4. The molecule has 10 rings (SSSR count). The van der Waals surface area contributed by atoms with E-state index in [0.717, 1.165) is 32.9 Å². The minimum atomic E-state index is -1.30. The number of hydrogen-bond acceptors (Lipinski definition) is 8. The standard InChI is InChI=1S/2C30H22Cl3N3O4/c2*1-15-20-14-17(31)9-11-24(20)36(2)29(38)25(15)18-10-8-16(27-19(18)5-4-12-34-27)13-23(30(39)40)35-28(37)26-21(32)6-3-7-22(26)33/h2*3-12,14,23H,13H2,1-2H3,(H,35,37)(H,39,40)/t2*23-/m00/s1. The molecule has 4 heterocycles. The van der Waals surface area contributed by atoms with E-state index in [1.54, 1.807) is 96.3 Å². The number of nitrogens with one attached hydrogen (secondary N) is 2. The molecule has 404 valence electrons. The Kier molecular flexibility index (Phi) is 16.7. The van der Waals surface area contributed by atoms with Gasteiger partial charge in [0.25, 0.3) is 22.9 Å². The van der Waals surface area contributed by atoms with Crippen molar-refractivity contribution < 1.29 is 29.4 Å². The molecular weight excluding hydrogens is 1150 g/mol. The summed E-state index contributed by atoms with van der Waals surface area (Å²) in [6.07, 6.45) is 3.06. The summed E-state index contributed by atoms with van der Waals surface area (Å²) in [4.78, 5) is 86.4. The Morgan fingerprint density at radius 1 is 0.500 bits per heavy atom. The van der Waals surface area contributed by atoms with Gasteiger partial charge in [-0.15, -0.1) is 0 Å². The van der Waals surface area contributed by atoms with Crippen LogP contribution in [0.15, 0.2) is 143 Å². The molecule has 4 aromatic heterocycles. The second kappa shape index (κ2) is 23.5. The summed E-state index contributed by atoms with van der Waals surface area (Å²) in [5.41, 5.74) is 7.19. The van der Waals surface area contributed by atoms with Crippen LogP contribution in [0.3, 0.4) is 0 Å². The molecule has 0 radical (unpaired) electrons. The van der Waals surface area contributed by atoms with Gasteiger partial charge in [-0.05, 0) is 120 Å². The van der Waals surface area contributed by atoms with E-state index in [1.165, 1.54) is 24.3 Å². The van der Waals surface area contributed by atoms with Gasteiger partial charge in [-0.3, -0.25) is 29.1 Å². The van der Waals surface area contributed by atoms with Gasteiger partial charge in [0.05, 0.1) is 64.4 Å². The number of amides is 2. The second-order valence-corrected chi connectivity index (χ2v) is 21.2. The first-order valence-corrected chi connectivity index (χ1v) is 26.7. The number of carbonyl (C=O) groups excluding carboxylic acids is 2. The van der Waals surface area contributed by atoms with Crippen LogP contribution < -0.4 is 21.8 Å². The Morgan fingerprint density at radius 3 is 1.21 bits per heavy atom. The molecule has 0 aliphatic rings. The van der Waals surface area contributed by atoms with Gasteiger partial charge < -0.3 is 30.0 Å². The van der Waals surface area contributed by atoms with Crippen molar-refractivity contribution in [3.63, 3.8) is 0 Å². The van der Waals surface area contributed by atoms with Crippen molar-refractivity contribution in [2.24, 2.45) is 14.1 Å². The molecule has 0 aliphatic carbocycles. The molecule has 0 unspecified atom stereocenters. The molecule has 2 atom stereocenters. The van der Waals surface area contributed by atoms with Gasteiger partial charge in [-0.25, -0.2) is 9.59 Å². The molecule has 0 bridgehead atoms. The highest BCUT2D eigenvalue weighted by Crippen LogP contribution is 2.36. The number of carboxylic acids is 2. The number of carboxylic acid groups (broad SMARTS) is 2. The van der Waals surface area contributed by atoms with Gasteiger partial charge in [0, 0.05) is 70.9 Å². The van der Waals surface area contributed by atoms with Crippen LogP contribution in [-0.2, 0) is 36.5 Å². The molecule has 0 saturated heterocycles. The number of benzene rings is 6. The zero-order valence-corrected chi connectivity index (χ0v) is 47.2. The highest BCUT2D eigenvalue weighted by atomic mass is 35.5. The number of halogens is 6. The lowest BCUT2D eigenvalue weighted by Gasteiger charge is -2.18. The maximum absolute atomic E-state index is 13.6. The van der Waals surface area contributed by atoms with Crippen molar-refractivity contribution in [2.45, 2.75) is 38.8 Å². The van der Waals surface area contributed by atoms with Gasteiger partial charge in [-0.1, -0.05) is 118 Å². The maximum Gasteiger partial charge on any atom is 0.326 e. The van der Waals surface area contributed by atoms with Crippen molar-refractivity contribution in [2.75, 3.05) is 0 Å². The van der Waals surface area contributed by atoms with Crippen LogP contribution in [-0.4, -0.2) is 65.2 Å². The smallest absolute Gasteiger partial charge is 0.326 e. The topological polar surface area (TPSA) is 203 Å². The summed E-state index contributed by atoms with van der Waals surface area (Å²) in [5, 5.41) is 29.5. The number of rotatable bonds is 12. The summed E-state index contributed by atoms with van der Waals surface area (Å²) in [6.45, 7) is 3.75. The predicted octanol–water partition coefficient (Wildman–Crippen LogP) is 12.9. The van der Waals surface area contributed by atoms with Crippen LogP contribution in [0.2, 0.25) is 30.1 Å². The maximum atomic E-state index is 13.6. The van der Waals surface area contributed by atoms with Gasteiger partial charge in [0.1, 0.15) is 12.1 Å². The Balaban J connectivity index is 0.000000194. The monoisotopic (exact) mass is 1190 g/mol. The van der Waals surface area contributed by atoms with Crippen molar-refractivity contribution in [3.8, 4) is 22.3 Å². The molecule has 2 amide bonds. The van der Waals surface area contributed by atoms with Crippen molar-refractivity contribution in [1.82, 2.24) is 29.7 Å². The van der Waals surface area contributed by atoms with E-state index in [2.05, 4.69) is 20.6 Å². The SMILES string of the molecule is Cc1c(-c2ccc(C[C@H](NC(=O)c3c(Cl)cccc3Cl)C(=O)O)c3ncccc23)c(=O)n(C)c2ccc(Cl)cc12.Cc1c(-c2ccc(C[C@H](NC(=O)c3c(Cl)cccc3Cl)C(=O)O)c3ncccc23)c(=O)n(C)c2ccc(Cl)cc12. The zero-order valence-electron chi connectivity index (χ0n) is 42.7. The van der Waals surface area contributed by atoms with Crippen molar-refractivity contribution in [3.05, 3.63) is 218 Å². The lowest BCUT2D eigenvalue weighted by Crippen LogP contribution is -2.42. The third-order valence-corrected chi connectivity index (χ3v) is 15.6. The highest BCUT2D eigenvalue weighted by molar-refractivity contribution is 6.40. The number of pyridine rings is 4. The Hall–Kier alpha value is -7.82. The van der Waals surface area contributed by atoms with E-state index in [1.807, 2.05) is 50.2 Å². The van der Waals surface area contributed by atoms with E-state index in [9.17, 15) is 39.0 Å². The molecule has 0 aliphatic heterocycles. The lowest BCUT2D eigenvalue weighted by atomic mass is 9.92. The number of aromatic nitrogens is 4. The average molecular weight is 1190 g/mol. The quantitative estimate of drug-likeness (QED) is 0.0911. The summed E-state index contributed by atoms with van der Waals surface area (Å²) >= 11 is 37.1. The van der Waals surface area contributed by atoms with Crippen LogP contribution >= 0.6 is 69.6 Å². The van der Waals surface area contributed by atoms with Gasteiger partial charge >= 0.3 is 11.9 Å². The first-order chi connectivity index (χ1) is 38.2. The summed E-state index contributed by atoms with van der Waals surface area (Å²) < 4.78 is 3.17. The molecular formula is C60H44Cl6N6O8. The van der Waals surface area contributed by atoms with Crippen LogP contribution in [0.4, 0.5) is 0 Å². The van der Waals surface area contributed by atoms with Crippen molar-refractivity contribution >= 4 is 137 Å². The molecule has 20 heteroatoms. The fraction of sp³-hybridized carbons (Fsp3) is 0.133. The second-order valence-electron chi connectivity index (χ2n) is 18.7. The summed E-state index contributed by atoms with van der Waals surface area (Å²) in [7, 11) is 3.42. The average Bonchev–Trinajstić information content (AvgIpc) is 3.57. The molecule has 14 nitrogen and oxygen atoms in total. The normalized spacial score (nSPS) is 12.0. The Labute approximate surface area is 486 Å². The van der Waals surface area contributed by atoms with E-state index in [4.69, 9.17) is 69.6 Å². The largest absolute Gasteiger partial charge is 0.480 e. The fourth-order valence-corrected chi connectivity index (χ4v) is 11.4. The summed E-state index contributed by atoms with van der Waals surface area (Å²) in [6, 6.07) is 31.6. The Morgan fingerprint density at radius 2 is 0.863 bits per heavy atom. The number of nitrogens with zero attached hydrogens (tertiary/aromatic N) is 4. The van der Waals surface area contributed by atoms with E-state index in [0.29, 0.717) is 65.2 Å². The van der Waals surface area contributed by atoms with Crippen LogP contribution in [0.25, 0.3) is 65.9 Å². The molecule has 6 aromatic carbocycles. The molecule has 0 fully saturated rings. The molecule has 10 aromatic rings. The van der Waals surface area contributed by atoms with E-state index >= 15 is 0 Å². The van der Waals surface area contributed by atoms with Gasteiger partial charge in [0.15, 0.2) is 0 Å². The third kappa shape index (κ3) is 11.1. The fourth-order valence-electron chi connectivity index (χ4n) is 9.94. The highest BCUT2D eigenvalue weighted by Gasteiger charge is 2.28. The van der Waals surface area contributed by atoms with Gasteiger partial charge in [0.2, 0.25) is 0 Å². The first-order valence-electron chi connectivity index (χ1n) is 24.4. The van der Waals surface area contributed by atoms with Gasteiger partial charge in [-0.2, -0.15) is 0 Å². The number of hydrogen-bond donors (Lipinski definition) is 4. The van der Waals surface area contributed by atoms with Crippen LogP contribution in [0.1, 0.15) is 43.0 Å². The number of aliphatic carboxylic acids is 2. The zero-order chi connectivity index (χ0) is 57.4. The lowest BCUT2D eigenvalue weighted by molar-refractivity contribution is -0.140. The minimum Gasteiger partial charge on any atom is -0.480 e. The van der Waals surface area contributed by atoms with Crippen molar-refractivity contribution in [1.29, 1.82) is 0 Å². The third-order valence-electron chi connectivity index (χ3n) is 13.9. The molecule has 80 heavy (non-hydrogen) atoms. The number of aryl methyl sites for hydroxylation is 4. The number of carbonyl (C=O) groups is 4. The first kappa shape index (κ1) is 56.9. The molecule has 4 N–H and O–H groups in total. The molecule has 0 spiro atoms. The minimum absolute atomic E-state index is 0.00172.